The number of methoxy groups -OCH3 is 1. The molecule has 0 aliphatic heterocycles. The number of ether oxygens (including phenoxy) is 1. The molecule has 5 heteroatoms. The molecule has 2 rings (SSSR count). The van der Waals surface area contributed by atoms with Crippen molar-refractivity contribution in [2.24, 2.45) is 0 Å². The lowest BCUT2D eigenvalue weighted by Gasteiger charge is -2.49. The third-order valence-corrected chi connectivity index (χ3v) is 5.21. The van der Waals surface area contributed by atoms with E-state index >= 15 is 0 Å². The molecule has 0 spiro atoms. The van der Waals surface area contributed by atoms with E-state index in [1.165, 1.54) is 6.42 Å². The normalized spacial score (nSPS) is 16.5. The van der Waals surface area contributed by atoms with E-state index in [4.69, 9.17) is 4.74 Å². The number of carbonyl (C=O) groups is 1. The topological polar surface area (TPSA) is 32.8 Å². The number of rotatable bonds is 5. The number of hydrogen-bond acceptors (Lipinski definition) is 3. The fourth-order valence-corrected chi connectivity index (χ4v) is 3.26. The lowest BCUT2D eigenvalue weighted by Crippen LogP contribution is -2.57. The van der Waals surface area contributed by atoms with Crippen LogP contribution in [0.1, 0.15) is 29.6 Å². The fourth-order valence-electron chi connectivity index (χ4n) is 2.85. The minimum atomic E-state index is 0.0221. The van der Waals surface area contributed by atoms with Crippen LogP contribution in [0.3, 0.4) is 0 Å². The molecule has 4 nitrogen and oxygen atoms in total. The van der Waals surface area contributed by atoms with E-state index in [0.717, 1.165) is 23.9 Å². The molecule has 0 heterocycles. The van der Waals surface area contributed by atoms with Gasteiger partial charge in [-0.15, -0.1) is 0 Å². The Morgan fingerprint density at radius 1 is 1.33 bits per heavy atom. The van der Waals surface area contributed by atoms with Gasteiger partial charge < -0.3 is 14.5 Å². The van der Waals surface area contributed by atoms with Gasteiger partial charge in [0.05, 0.1) is 12.7 Å². The number of carbonyl (C=O) groups excluding carboxylic acids is 1. The Bertz CT molecular complexity index is 527. The van der Waals surface area contributed by atoms with Gasteiger partial charge in [0.1, 0.15) is 5.75 Å². The Labute approximate surface area is 135 Å². The second-order valence-corrected chi connectivity index (χ2v) is 6.83. The summed E-state index contributed by atoms with van der Waals surface area (Å²) in [7, 11) is 7.67. The van der Waals surface area contributed by atoms with E-state index in [-0.39, 0.29) is 11.4 Å². The number of halogens is 1. The van der Waals surface area contributed by atoms with Crippen LogP contribution in [0.5, 0.6) is 5.75 Å². The van der Waals surface area contributed by atoms with Crippen molar-refractivity contribution in [2.45, 2.75) is 24.8 Å². The summed E-state index contributed by atoms with van der Waals surface area (Å²) in [6, 6.07) is 5.48. The molecule has 1 aliphatic carbocycles. The molecule has 1 saturated carbocycles. The first-order valence-electron chi connectivity index (χ1n) is 7.16. The van der Waals surface area contributed by atoms with E-state index in [2.05, 4.69) is 34.9 Å². The summed E-state index contributed by atoms with van der Waals surface area (Å²) in [6.45, 7) is 0.752. The Morgan fingerprint density at radius 2 is 2.00 bits per heavy atom. The number of hydrogen-bond donors (Lipinski definition) is 0. The number of amides is 1. The number of nitrogens with zero attached hydrogens (tertiary/aromatic N) is 2. The average Bonchev–Trinajstić information content (AvgIpc) is 2.42. The smallest absolute Gasteiger partial charge is 0.254 e. The molecular formula is C16H23BrN2O2. The van der Waals surface area contributed by atoms with Crippen molar-refractivity contribution in [3.8, 4) is 5.75 Å². The van der Waals surface area contributed by atoms with Gasteiger partial charge in [0.15, 0.2) is 0 Å². The van der Waals surface area contributed by atoms with Crippen molar-refractivity contribution in [2.75, 3.05) is 34.8 Å². The molecule has 0 N–H and O–H groups in total. The first-order valence-corrected chi connectivity index (χ1v) is 7.95. The van der Waals surface area contributed by atoms with Crippen molar-refractivity contribution in [3.63, 3.8) is 0 Å². The molecule has 1 aromatic carbocycles. The summed E-state index contributed by atoms with van der Waals surface area (Å²) < 4.78 is 6.01. The maximum absolute atomic E-state index is 12.7. The maximum atomic E-state index is 12.7. The van der Waals surface area contributed by atoms with E-state index in [1.807, 2.05) is 24.1 Å². The summed E-state index contributed by atoms with van der Waals surface area (Å²) in [5, 5.41) is 0. The van der Waals surface area contributed by atoms with E-state index in [9.17, 15) is 4.79 Å². The van der Waals surface area contributed by atoms with Gasteiger partial charge in [-0.05, 0) is 67.5 Å². The van der Waals surface area contributed by atoms with Gasteiger partial charge in [-0.3, -0.25) is 4.79 Å². The Kier molecular flexibility index (Phi) is 4.94. The highest BCUT2D eigenvalue weighted by Crippen LogP contribution is 2.37. The van der Waals surface area contributed by atoms with Crippen molar-refractivity contribution >= 4 is 21.8 Å². The SMILES string of the molecule is COc1ccc(Br)c(C(=O)N(C)CC2(N(C)C)CCC2)c1. The van der Waals surface area contributed by atoms with Gasteiger partial charge in [0.25, 0.3) is 5.91 Å². The van der Waals surface area contributed by atoms with E-state index in [1.54, 1.807) is 13.2 Å². The van der Waals surface area contributed by atoms with Crippen LogP contribution in [-0.2, 0) is 0 Å². The molecule has 0 saturated heterocycles. The van der Waals surface area contributed by atoms with E-state index in [0.29, 0.717) is 11.3 Å². The molecule has 1 aliphatic rings. The molecule has 1 aromatic rings. The Morgan fingerprint density at radius 3 is 2.48 bits per heavy atom. The Hall–Kier alpha value is -1.07. The minimum absolute atomic E-state index is 0.0221. The zero-order chi connectivity index (χ0) is 15.6. The van der Waals surface area contributed by atoms with Crippen LogP contribution in [0, 0.1) is 0 Å². The fraction of sp³-hybridized carbons (Fsp3) is 0.562. The molecule has 0 aromatic heterocycles. The zero-order valence-corrected chi connectivity index (χ0v) is 14.7. The van der Waals surface area contributed by atoms with Crippen LogP contribution in [0.15, 0.2) is 22.7 Å². The monoisotopic (exact) mass is 354 g/mol. The van der Waals surface area contributed by atoms with Crippen molar-refractivity contribution in [1.29, 1.82) is 0 Å². The summed E-state index contributed by atoms with van der Waals surface area (Å²) in [5.74, 6) is 0.717. The van der Waals surface area contributed by atoms with Gasteiger partial charge in [-0.1, -0.05) is 0 Å². The van der Waals surface area contributed by atoms with Crippen LogP contribution in [0.25, 0.3) is 0 Å². The van der Waals surface area contributed by atoms with Crippen LogP contribution < -0.4 is 4.74 Å². The van der Waals surface area contributed by atoms with Gasteiger partial charge in [-0.2, -0.15) is 0 Å². The summed E-state index contributed by atoms with van der Waals surface area (Å²) in [5.41, 5.74) is 0.778. The summed E-state index contributed by atoms with van der Waals surface area (Å²) in [6.07, 6.45) is 3.54. The molecular weight excluding hydrogens is 332 g/mol. The predicted molar refractivity (Wildman–Crippen MR) is 87.9 cm³/mol. The highest BCUT2D eigenvalue weighted by molar-refractivity contribution is 9.10. The molecule has 0 radical (unpaired) electrons. The molecule has 0 unspecified atom stereocenters. The molecule has 116 valence electrons. The molecule has 1 fully saturated rings. The lowest BCUT2D eigenvalue weighted by molar-refractivity contribution is 0.0252. The Balaban J connectivity index is 2.16. The van der Waals surface area contributed by atoms with Crippen LogP contribution in [-0.4, -0.2) is 56.0 Å². The third-order valence-electron chi connectivity index (χ3n) is 4.52. The first-order chi connectivity index (χ1) is 9.89. The second kappa shape index (κ2) is 6.36. The van der Waals surface area contributed by atoms with Gasteiger partial charge >= 0.3 is 0 Å². The molecule has 21 heavy (non-hydrogen) atoms. The van der Waals surface area contributed by atoms with Crippen LogP contribution in [0.2, 0.25) is 0 Å². The molecule has 1 amide bonds. The first kappa shape index (κ1) is 16.3. The average molecular weight is 355 g/mol. The highest BCUT2D eigenvalue weighted by atomic mass is 79.9. The quantitative estimate of drug-likeness (QED) is 0.814. The van der Waals surface area contributed by atoms with Crippen molar-refractivity contribution in [1.82, 2.24) is 9.80 Å². The van der Waals surface area contributed by atoms with Crippen molar-refractivity contribution in [3.05, 3.63) is 28.2 Å². The minimum Gasteiger partial charge on any atom is -0.497 e. The molecule has 0 bridgehead atoms. The van der Waals surface area contributed by atoms with Crippen LogP contribution in [0.4, 0.5) is 0 Å². The van der Waals surface area contributed by atoms with E-state index < -0.39 is 0 Å². The summed E-state index contributed by atoms with van der Waals surface area (Å²) in [4.78, 5) is 16.8. The zero-order valence-electron chi connectivity index (χ0n) is 13.1. The standard InChI is InChI=1S/C16H23BrN2O2/c1-18(2)16(8-5-9-16)11-19(3)15(20)13-10-12(21-4)6-7-14(13)17/h6-7,10H,5,8-9,11H2,1-4H3. The van der Waals surface area contributed by atoms with Gasteiger partial charge in [0, 0.05) is 23.6 Å². The van der Waals surface area contributed by atoms with Crippen LogP contribution >= 0.6 is 15.9 Å². The van der Waals surface area contributed by atoms with Gasteiger partial charge in [-0.25, -0.2) is 0 Å². The van der Waals surface area contributed by atoms with Gasteiger partial charge in [0.2, 0.25) is 0 Å². The summed E-state index contributed by atoms with van der Waals surface area (Å²) >= 11 is 3.45. The second-order valence-electron chi connectivity index (χ2n) is 5.98. The number of benzene rings is 1. The maximum Gasteiger partial charge on any atom is 0.254 e. The van der Waals surface area contributed by atoms with Crippen molar-refractivity contribution < 1.29 is 9.53 Å². The largest absolute Gasteiger partial charge is 0.497 e. The third kappa shape index (κ3) is 3.24. The molecule has 0 atom stereocenters. The lowest BCUT2D eigenvalue weighted by atomic mass is 9.75. The number of likely N-dealkylation sites (N-methyl/N-ethyl adjacent to an activating group) is 2. The predicted octanol–water partition coefficient (Wildman–Crippen LogP) is 3.01. The highest BCUT2D eigenvalue weighted by Gasteiger charge is 2.40.